The van der Waals surface area contributed by atoms with Gasteiger partial charge in [0.05, 0.1) is 23.1 Å². The number of aliphatic imine (C=N–C) groups is 1. The van der Waals surface area contributed by atoms with Crippen LogP contribution in [-0.4, -0.2) is 22.2 Å². The highest BCUT2D eigenvalue weighted by Gasteiger charge is 2.38. The van der Waals surface area contributed by atoms with Gasteiger partial charge in [0.2, 0.25) is 0 Å². The van der Waals surface area contributed by atoms with Crippen molar-refractivity contribution < 1.29 is 0 Å². The number of aromatic nitrogens is 2. The number of rotatable bonds is 4. The molecule has 2 aliphatic rings. The number of anilines is 2. The molecule has 212 valence electrons. The zero-order valence-corrected chi connectivity index (χ0v) is 24.5. The molecular weight excluding hydrogens is 548 g/mol. The Morgan fingerprint density at radius 1 is 0.489 bits per heavy atom. The molecule has 4 heterocycles. The Balaban J connectivity index is 1.20. The van der Waals surface area contributed by atoms with Crippen molar-refractivity contribution in [3.8, 4) is 33.8 Å². The minimum absolute atomic E-state index is 0.141. The lowest BCUT2D eigenvalue weighted by Gasteiger charge is -2.27. The smallest absolute Gasteiger partial charge is 0.134 e. The number of para-hydroxylation sites is 1. The average Bonchev–Trinajstić information content (AvgIpc) is 3.45. The van der Waals surface area contributed by atoms with E-state index in [4.69, 9.17) is 9.97 Å². The maximum Gasteiger partial charge on any atom is 0.134 e. The molecule has 2 aliphatic heterocycles. The van der Waals surface area contributed by atoms with E-state index in [1.807, 2.05) is 6.20 Å². The highest BCUT2D eigenvalue weighted by Crippen LogP contribution is 2.46. The van der Waals surface area contributed by atoms with Crippen molar-refractivity contribution in [1.29, 1.82) is 0 Å². The third-order valence-electron chi connectivity index (χ3n) is 9.08. The first-order valence-corrected chi connectivity index (χ1v) is 15.4. The third-order valence-corrected chi connectivity index (χ3v) is 9.08. The van der Waals surface area contributed by atoms with Crippen LogP contribution in [0.1, 0.15) is 11.5 Å². The monoisotopic (exact) mass is 576 g/mol. The standard InChI is InChI=1S/C41H28N4/c1-2-12-27(13-3-1)40-29-15-4-6-17-31(29)41(32-18-7-5-16-30(32)40)36-21-10-19-34(43-36)35-20-11-23-39(44-35)45-37-22-9-8-14-28(37)33-26-42-25-24-38(33)45/h1-26,33,38H. The Morgan fingerprint density at radius 2 is 1.09 bits per heavy atom. The largest absolute Gasteiger partial charge is 0.318 e. The highest BCUT2D eigenvalue weighted by atomic mass is 15.2. The van der Waals surface area contributed by atoms with E-state index in [-0.39, 0.29) is 12.0 Å². The minimum atomic E-state index is 0.141. The Bertz CT molecular complexity index is 2250. The van der Waals surface area contributed by atoms with E-state index in [0.717, 1.165) is 28.5 Å². The van der Waals surface area contributed by atoms with Crippen molar-refractivity contribution in [3.63, 3.8) is 0 Å². The van der Waals surface area contributed by atoms with Crippen molar-refractivity contribution in [2.75, 3.05) is 4.90 Å². The fourth-order valence-corrected chi connectivity index (χ4v) is 7.16. The van der Waals surface area contributed by atoms with Gasteiger partial charge in [-0.1, -0.05) is 109 Å². The summed E-state index contributed by atoms with van der Waals surface area (Å²) in [4.78, 5) is 17.3. The quantitative estimate of drug-likeness (QED) is 0.196. The minimum Gasteiger partial charge on any atom is -0.318 e. The lowest BCUT2D eigenvalue weighted by atomic mass is 9.87. The second-order valence-corrected chi connectivity index (χ2v) is 11.6. The normalized spacial score (nSPS) is 16.7. The van der Waals surface area contributed by atoms with Gasteiger partial charge in [-0.2, -0.15) is 0 Å². The zero-order chi connectivity index (χ0) is 29.7. The van der Waals surface area contributed by atoms with Crippen molar-refractivity contribution >= 4 is 39.3 Å². The van der Waals surface area contributed by atoms with Gasteiger partial charge in [0.1, 0.15) is 5.82 Å². The van der Waals surface area contributed by atoms with Crippen LogP contribution in [0.25, 0.3) is 55.3 Å². The Morgan fingerprint density at radius 3 is 1.84 bits per heavy atom. The molecule has 9 rings (SSSR count). The number of fused-ring (bicyclic) bond motifs is 5. The SMILES string of the molecule is C1=CC2C(C=N1)c1ccccc1N2c1cccc(-c2cccc(-c3c4ccccc4c(-c4ccccc4)c4ccccc34)n2)n1. The lowest BCUT2D eigenvalue weighted by molar-refractivity contribution is 0.772. The molecule has 0 aliphatic carbocycles. The van der Waals surface area contributed by atoms with Crippen LogP contribution in [0, 0.1) is 0 Å². The first-order chi connectivity index (χ1) is 22.3. The van der Waals surface area contributed by atoms with Crippen molar-refractivity contribution in [1.82, 2.24) is 9.97 Å². The fourth-order valence-electron chi connectivity index (χ4n) is 7.16. The number of pyridine rings is 2. The molecule has 0 radical (unpaired) electrons. The van der Waals surface area contributed by atoms with Gasteiger partial charge in [-0.05, 0) is 74.6 Å². The maximum absolute atomic E-state index is 5.29. The van der Waals surface area contributed by atoms with Gasteiger partial charge in [-0.25, -0.2) is 9.97 Å². The van der Waals surface area contributed by atoms with Crippen LogP contribution in [-0.2, 0) is 0 Å². The van der Waals surface area contributed by atoms with Crippen LogP contribution >= 0.6 is 0 Å². The van der Waals surface area contributed by atoms with Gasteiger partial charge < -0.3 is 4.90 Å². The summed E-state index contributed by atoms with van der Waals surface area (Å²) >= 11 is 0. The predicted molar refractivity (Wildman–Crippen MR) is 186 cm³/mol. The summed E-state index contributed by atoms with van der Waals surface area (Å²) < 4.78 is 0. The Labute approximate surface area is 261 Å². The molecule has 0 amide bonds. The molecule has 7 aromatic rings. The topological polar surface area (TPSA) is 41.4 Å². The molecule has 0 saturated carbocycles. The molecular formula is C41H28N4. The van der Waals surface area contributed by atoms with Crippen LogP contribution in [0.5, 0.6) is 0 Å². The molecule has 5 aromatic carbocycles. The summed E-state index contributed by atoms with van der Waals surface area (Å²) in [6.45, 7) is 0. The highest BCUT2D eigenvalue weighted by molar-refractivity contribution is 6.21. The van der Waals surface area contributed by atoms with Crippen molar-refractivity contribution in [3.05, 3.63) is 157 Å². The van der Waals surface area contributed by atoms with E-state index in [9.17, 15) is 0 Å². The Kier molecular flexibility index (Phi) is 5.91. The predicted octanol–water partition coefficient (Wildman–Crippen LogP) is 9.99. The van der Waals surface area contributed by atoms with Gasteiger partial charge in [0, 0.05) is 29.6 Å². The number of hydrogen-bond acceptors (Lipinski definition) is 4. The van der Waals surface area contributed by atoms with Gasteiger partial charge in [-0.15, -0.1) is 0 Å². The van der Waals surface area contributed by atoms with Crippen LogP contribution in [0.3, 0.4) is 0 Å². The number of hydrogen-bond donors (Lipinski definition) is 0. The summed E-state index contributed by atoms with van der Waals surface area (Å²) in [6.07, 6.45) is 6.12. The van der Waals surface area contributed by atoms with Crippen LogP contribution in [0.15, 0.2) is 157 Å². The first kappa shape index (κ1) is 25.6. The van der Waals surface area contributed by atoms with Crippen molar-refractivity contribution in [2.45, 2.75) is 12.0 Å². The summed E-state index contributed by atoms with van der Waals surface area (Å²) in [5.41, 5.74) is 8.68. The van der Waals surface area contributed by atoms with E-state index in [2.05, 4.69) is 162 Å². The second-order valence-electron chi connectivity index (χ2n) is 11.6. The van der Waals surface area contributed by atoms with Gasteiger partial charge >= 0.3 is 0 Å². The molecule has 0 spiro atoms. The molecule has 2 aromatic heterocycles. The van der Waals surface area contributed by atoms with Gasteiger partial charge in [-0.3, -0.25) is 4.99 Å². The second kappa shape index (κ2) is 10.4. The van der Waals surface area contributed by atoms with E-state index in [1.54, 1.807) is 0 Å². The third kappa shape index (κ3) is 4.10. The van der Waals surface area contributed by atoms with Gasteiger partial charge in [0.15, 0.2) is 0 Å². The lowest BCUT2D eigenvalue weighted by Crippen LogP contribution is -2.30. The number of benzene rings is 5. The average molecular weight is 577 g/mol. The summed E-state index contributed by atoms with van der Waals surface area (Å²) in [6, 6.07) is 49.3. The molecule has 0 bridgehead atoms. The maximum atomic E-state index is 5.29. The van der Waals surface area contributed by atoms with E-state index in [0.29, 0.717) is 0 Å². The molecule has 45 heavy (non-hydrogen) atoms. The summed E-state index contributed by atoms with van der Waals surface area (Å²) in [5.74, 6) is 1.11. The van der Waals surface area contributed by atoms with Crippen LogP contribution in [0.2, 0.25) is 0 Å². The van der Waals surface area contributed by atoms with Crippen LogP contribution in [0.4, 0.5) is 11.5 Å². The zero-order valence-electron chi connectivity index (χ0n) is 24.5. The molecule has 4 heteroatoms. The molecule has 0 N–H and O–H groups in total. The van der Waals surface area contributed by atoms with Crippen LogP contribution < -0.4 is 4.90 Å². The molecule has 0 saturated heterocycles. The molecule has 2 unspecified atom stereocenters. The van der Waals surface area contributed by atoms with E-state index >= 15 is 0 Å². The Hall–Kier alpha value is -5.87. The first-order valence-electron chi connectivity index (χ1n) is 15.4. The van der Waals surface area contributed by atoms with E-state index in [1.165, 1.54) is 43.9 Å². The van der Waals surface area contributed by atoms with Crippen molar-refractivity contribution in [2.24, 2.45) is 4.99 Å². The summed E-state index contributed by atoms with van der Waals surface area (Å²) in [5, 5.41) is 4.81. The summed E-state index contributed by atoms with van der Waals surface area (Å²) in [7, 11) is 0. The van der Waals surface area contributed by atoms with Gasteiger partial charge in [0.25, 0.3) is 0 Å². The molecule has 0 fully saturated rings. The molecule has 4 nitrogen and oxygen atoms in total. The fraction of sp³-hybridized carbons (Fsp3) is 0.0488. The van der Waals surface area contributed by atoms with E-state index < -0.39 is 0 Å². The molecule has 2 atom stereocenters. The number of nitrogens with zero attached hydrogens (tertiary/aromatic N) is 4.